The Bertz CT molecular complexity index is 730. The molecule has 0 atom stereocenters. The van der Waals surface area contributed by atoms with Crippen LogP contribution in [0, 0.1) is 0 Å². The Hall–Kier alpha value is -1.58. The van der Waals surface area contributed by atoms with Crippen molar-refractivity contribution in [1.82, 2.24) is 14.9 Å². The second kappa shape index (κ2) is 6.46. The van der Waals surface area contributed by atoms with Crippen LogP contribution in [0.2, 0.25) is 0 Å². The first-order valence-electron chi connectivity index (χ1n) is 6.13. The minimum atomic E-state index is -3.73. The number of H-pyrrole nitrogens is 1. The van der Waals surface area contributed by atoms with Crippen LogP contribution in [0.5, 0.6) is 5.75 Å². The average Bonchev–Trinajstić information content (AvgIpc) is 2.84. The molecule has 0 saturated carbocycles. The van der Waals surface area contributed by atoms with Crippen molar-refractivity contribution in [3.05, 3.63) is 34.4 Å². The summed E-state index contributed by atoms with van der Waals surface area (Å²) < 4.78 is 33.3. The molecule has 0 aliphatic heterocycles. The lowest BCUT2D eigenvalue weighted by Gasteiger charge is -2.12. The van der Waals surface area contributed by atoms with Crippen molar-refractivity contribution < 1.29 is 13.2 Å². The van der Waals surface area contributed by atoms with Gasteiger partial charge in [0, 0.05) is 16.6 Å². The highest BCUT2D eigenvalue weighted by Crippen LogP contribution is 2.27. The highest BCUT2D eigenvalue weighted by Gasteiger charge is 2.20. The fourth-order valence-corrected chi connectivity index (χ4v) is 3.37. The number of rotatable bonds is 6. The van der Waals surface area contributed by atoms with Crippen LogP contribution >= 0.6 is 15.9 Å². The number of hydrogen-bond acceptors (Lipinski definition) is 5. The van der Waals surface area contributed by atoms with Gasteiger partial charge in [-0.3, -0.25) is 5.10 Å². The molecule has 4 N–H and O–H groups in total. The molecule has 1 aromatic carbocycles. The molecule has 9 heteroatoms. The fourth-order valence-electron chi connectivity index (χ4n) is 1.68. The maximum atomic E-state index is 12.4. The van der Waals surface area contributed by atoms with Gasteiger partial charge in [0.2, 0.25) is 10.0 Å². The molecule has 0 aliphatic carbocycles. The van der Waals surface area contributed by atoms with E-state index in [1.807, 2.05) is 0 Å². The lowest BCUT2D eigenvalue weighted by atomic mass is 10.3. The van der Waals surface area contributed by atoms with Gasteiger partial charge in [-0.05, 0) is 25.1 Å². The summed E-state index contributed by atoms with van der Waals surface area (Å²) in [6, 6.07) is 4.82. The second-order valence-corrected chi connectivity index (χ2v) is 6.81. The first-order valence-corrected chi connectivity index (χ1v) is 8.41. The fraction of sp³-hybridized carbons (Fsp3) is 0.250. The number of aromatic amines is 1. The lowest BCUT2D eigenvalue weighted by Crippen LogP contribution is -2.24. The third-order valence-electron chi connectivity index (χ3n) is 2.70. The largest absolute Gasteiger partial charge is 0.492 e. The Morgan fingerprint density at radius 1 is 1.48 bits per heavy atom. The Morgan fingerprint density at radius 2 is 2.24 bits per heavy atom. The summed E-state index contributed by atoms with van der Waals surface area (Å²) >= 11 is 3.26. The highest BCUT2D eigenvalue weighted by molar-refractivity contribution is 9.10. The van der Waals surface area contributed by atoms with E-state index in [1.54, 1.807) is 19.1 Å². The maximum Gasteiger partial charge on any atom is 0.244 e. The van der Waals surface area contributed by atoms with E-state index < -0.39 is 10.0 Å². The van der Waals surface area contributed by atoms with Crippen LogP contribution in [-0.2, 0) is 16.6 Å². The molecule has 0 unspecified atom stereocenters. The van der Waals surface area contributed by atoms with Crippen LogP contribution in [0.3, 0.4) is 0 Å². The van der Waals surface area contributed by atoms with Crippen molar-refractivity contribution in [3.8, 4) is 5.75 Å². The zero-order valence-corrected chi connectivity index (χ0v) is 13.7. The van der Waals surface area contributed by atoms with Gasteiger partial charge in [-0.25, -0.2) is 13.1 Å². The number of nitrogens with two attached hydrogens (primary N) is 1. The van der Waals surface area contributed by atoms with E-state index in [0.717, 1.165) is 0 Å². The van der Waals surface area contributed by atoms with Crippen LogP contribution in [0.15, 0.2) is 33.8 Å². The Kier molecular flexibility index (Phi) is 4.86. The molecule has 0 aliphatic rings. The zero-order chi connectivity index (χ0) is 15.5. The van der Waals surface area contributed by atoms with Gasteiger partial charge >= 0.3 is 0 Å². The van der Waals surface area contributed by atoms with Crippen molar-refractivity contribution in [2.45, 2.75) is 18.4 Å². The molecule has 2 aromatic rings. The molecule has 0 fully saturated rings. The number of hydrogen-bond donors (Lipinski definition) is 3. The smallest absolute Gasteiger partial charge is 0.244 e. The topological polar surface area (TPSA) is 110 Å². The molecule has 0 radical (unpaired) electrons. The Balaban J connectivity index is 2.26. The van der Waals surface area contributed by atoms with Gasteiger partial charge in [-0.2, -0.15) is 5.10 Å². The molecular formula is C12H15BrN4O3S. The summed E-state index contributed by atoms with van der Waals surface area (Å²) in [7, 11) is -3.73. The van der Waals surface area contributed by atoms with Crippen molar-refractivity contribution >= 4 is 31.8 Å². The predicted molar refractivity (Wildman–Crippen MR) is 82.3 cm³/mol. The third kappa shape index (κ3) is 3.74. The molecule has 0 amide bonds. The van der Waals surface area contributed by atoms with E-state index in [0.29, 0.717) is 28.2 Å². The monoisotopic (exact) mass is 374 g/mol. The van der Waals surface area contributed by atoms with Crippen LogP contribution in [0.4, 0.5) is 5.82 Å². The van der Waals surface area contributed by atoms with E-state index in [4.69, 9.17) is 10.5 Å². The number of nitrogens with zero attached hydrogens (tertiary/aromatic N) is 1. The lowest BCUT2D eigenvalue weighted by molar-refractivity contribution is 0.331. The molecule has 21 heavy (non-hydrogen) atoms. The number of ether oxygens (including phenoxy) is 1. The van der Waals surface area contributed by atoms with Crippen LogP contribution in [0.25, 0.3) is 0 Å². The highest BCUT2D eigenvalue weighted by atomic mass is 79.9. The number of aromatic nitrogens is 2. The second-order valence-electron chi connectivity index (χ2n) is 4.16. The molecule has 114 valence electrons. The number of anilines is 1. The van der Waals surface area contributed by atoms with Crippen LogP contribution < -0.4 is 15.2 Å². The van der Waals surface area contributed by atoms with Gasteiger partial charge in [0.15, 0.2) is 0 Å². The summed E-state index contributed by atoms with van der Waals surface area (Å²) in [4.78, 5) is 0.0702. The Labute approximate surface area is 131 Å². The predicted octanol–water partition coefficient (Wildman–Crippen LogP) is 1.63. The number of halogens is 1. The molecule has 1 heterocycles. The number of nitrogen functional groups attached to an aromatic ring is 1. The minimum Gasteiger partial charge on any atom is -0.492 e. The molecule has 0 bridgehead atoms. The van der Waals surface area contributed by atoms with E-state index >= 15 is 0 Å². The first kappa shape index (κ1) is 15.8. The van der Waals surface area contributed by atoms with Crippen molar-refractivity contribution in [2.75, 3.05) is 12.3 Å². The number of nitrogens with one attached hydrogen (secondary N) is 2. The SMILES string of the molecule is CCOc1ccc(Br)cc1S(=O)(=O)NCc1cn[nH]c1N. The Morgan fingerprint density at radius 3 is 2.86 bits per heavy atom. The molecule has 0 saturated heterocycles. The number of benzene rings is 1. The molecular weight excluding hydrogens is 360 g/mol. The normalized spacial score (nSPS) is 11.5. The minimum absolute atomic E-state index is 0.0444. The molecule has 2 rings (SSSR count). The van der Waals surface area contributed by atoms with Gasteiger partial charge < -0.3 is 10.5 Å². The summed E-state index contributed by atoms with van der Waals surface area (Å²) in [5.41, 5.74) is 6.20. The van der Waals surface area contributed by atoms with E-state index in [9.17, 15) is 8.42 Å². The van der Waals surface area contributed by atoms with E-state index in [2.05, 4.69) is 30.8 Å². The summed E-state index contributed by atoms with van der Waals surface area (Å²) in [6.07, 6.45) is 1.47. The first-order chi connectivity index (χ1) is 9.94. The van der Waals surface area contributed by atoms with Crippen LogP contribution in [0.1, 0.15) is 12.5 Å². The third-order valence-corrected chi connectivity index (χ3v) is 4.61. The van der Waals surface area contributed by atoms with Gasteiger partial charge in [0.05, 0.1) is 12.8 Å². The van der Waals surface area contributed by atoms with Gasteiger partial charge in [-0.15, -0.1) is 0 Å². The number of sulfonamides is 1. The summed E-state index contributed by atoms with van der Waals surface area (Å²) in [5.74, 6) is 0.630. The van der Waals surface area contributed by atoms with Crippen molar-refractivity contribution in [3.63, 3.8) is 0 Å². The zero-order valence-electron chi connectivity index (χ0n) is 11.3. The summed E-state index contributed by atoms with van der Waals surface area (Å²) in [5, 5.41) is 6.29. The maximum absolute atomic E-state index is 12.4. The standard InChI is InChI=1S/C12H15BrN4O3S/c1-2-20-10-4-3-9(13)5-11(10)21(18,19)16-7-8-6-15-17-12(8)14/h3-6,16H,2,7H2,1H3,(H3,14,15,17). The van der Waals surface area contributed by atoms with Gasteiger partial charge in [0.1, 0.15) is 16.5 Å². The molecule has 1 aromatic heterocycles. The van der Waals surface area contributed by atoms with Gasteiger partial charge in [0.25, 0.3) is 0 Å². The summed E-state index contributed by atoms with van der Waals surface area (Å²) in [6.45, 7) is 2.21. The average molecular weight is 375 g/mol. The quantitative estimate of drug-likeness (QED) is 0.711. The van der Waals surface area contributed by atoms with Crippen molar-refractivity contribution in [1.29, 1.82) is 0 Å². The van der Waals surface area contributed by atoms with E-state index in [1.165, 1.54) is 12.3 Å². The van der Waals surface area contributed by atoms with Gasteiger partial charge in [-0.1, -0.05) is 15.9 Å². The molecule has 7 nitrogen and oxygen atoms in total. The van der Waals surface area contributed by atoms with E-state index in [-0.39, 0.29) is 11.4 Å². The van der Waals surface area contributed by atoms with Crippen molar-refractivity contribution in [2.24, 2.45) is 0 Å². The molecule has 0 spiro atoms. The van der Waals surface area contributed by atoms with Crippen LogP contribution in [-0.4, -0.2) is 25.2 Å².